The quantitative estimate of drug-likeness (QED) is 0.802. The molecule has 4 nitrogen and oxygen atoms in total. The fourth-order valence-electron chi connectivity index (χ4n) is 3.24. The molecule has 0 aromatic rings. The number of hydrogen-bond acceptors (Lipinski definition) is 4. The second-order valence-electron chi connectivity index (χ2n) is 5.54. The Labute approximate surface area is 105 Å². The predicted octanol–water partition coefficient (Wildman–Crippen LogP) is 0.493. The van der Waals surface area contributed by atoms with Crippen LogP contribution >= 0.6 is 0 Å². The lowest BCUT2D eigenvalue weighted by Crippen LogP contribution is -2.50. The molecule has 0 spiro atoms. The predicted molar refractivity (Wildman–Crippen MR) is 69.9 cm³/mol. The summed E-state index contributed by atoms with van der Waals surface area (Å²) < 4.78 is 23.1. The number of sulfone groups is 1. The fourth-order valence-corrected chi connectivity index (χ4v) is 4.87. The van der Waals surface area contributed by atoms with E-state index in [0.29, 0.717) is 23.5 Å². The van der Waals surface area contributed by atoms with Crippen LogP contribution in [-0.4, -0.2) is 57.0 Å². The van der Waals surface area contributed by atoms with Crippen LogP contribution in [0.3, 0.4) is 0 Å². The highest BCUT2D eigenvalue weighted by Crippen LogP contribution is 2.27. The van der Waals surface area contributed by atoms with Gasteiger partial charge in [0, 0.05) is 25.2 Å². The first-order valence-electron chi connectivity index (χ1n) is 6.63. The van der Waals surface area contributed by atoms with Crippen LogP contribution in [0.5, 0.6) is 0 Å². The van der Waals surface area contributed by atoms with Crippen LogP contribution in [0, 0.1) is 5.92 Å². The highest BCUT2D eigenvalue weighted by Gasteiger charge is 2.33. The maximum Gasteiger partial charge on any atom is 0.153 e. The Morgan fingerprint density at radius 2 is 2.12 bits per heavy atom. The normalized spacial score (nSPS) is 38.4. The zero-order chi connectivity index (χ0) is 12.5. The molecular formula is C12H24N2O2S. The summed E-state index contributed by atoms with van der Waals surface area (Å²) in [6, 6.07) is 0.813. The monoisotopic (exact) mass is 260 g/mol. The lowest BCUT2D eigenvalue weighted by Gasteiger charge is -2.36. The highest BCUT2D eigenvalue weighted by atomic mass is 32.2. The smallest absolute Gasteiger partial charge is 0.153 e. The van der Waals surface area contributed by atoms with Crippen LogP contribution < -0.4 is 5.32 Å². The number of nitrogens with one attached hydrogen (secondary N) is 1. The summed E-state index contributed by atoms with van der Waals surface area (Å²) in [5, 5.41) is 3.39. The zero-order valence-electron chi connectivity index (χ0n) is 10.9. The summed E-state index contributed by atoms with van der Waals surface area (Å²) >= 11 is 0. The van der Waals surface area contributed by atoms with E-state index in [1.807, 2.05) is 14.0 Å². The topological polar surface area (TPSA) is 49.4 Å². The molecule has 3 unspecified atom stereocenters. The molecule has 1 aliphatic heterocycles. The molecule has 1 saturated carbocycles. The second-order valence-corrected chi connectivity index (χ2v) is 7.77. The Balaban J connectivity index is 1.91. The summed E-state index contributed by atoms with van der Waals surface area (Å²) in [7, 11) is -0.740. The van der Waals surface area contributed by atoms with E-state index in [0.717, 1.165) is 13.1 Å². The molecule has 0 radical (unpaired) electrons. The van der Waals surface area contributed by atoms with E-state index in [9.17, 15) is 8.42 Å². The van der Waals surface area contributed by atoms with Crippen LogP contribution in [0.15, 0.2) is 0 Å². The molecule has 2 aliphatic rings. The maximum atomic E-state index is 11.5. The average molecular weight is 260 g/mol. The third-order valence-corrected chi connectivity index (χ3v) is 6.10. The van der Waals surface area contributed by atoms with Crippen molar-refractivity contribution in [3.05, 3.63) is 0 Å². The summed E-state index contributed by atoms with van der Waals surface area (Å²) in [5.74, 6) is 1.38. The van der Waals surface area contributed by atoms with Gasteiger partial charge in [-0.15, -0.1) is 0 Å². The largest absolute Gasteiger partial charge is 0.317 e. The van der Waals surface area contributed by atoms with Gasteiger partial charge in [0.15, 0.2) is 9.84 Å². The molecule has 17 heavy (non-hydrogen) atoms. The maximum absolute atomic E-state index is 11.5. The van der Waals surface area contributed by atoms with Crippen LogP contribution in [0.1, 0.15) is 26.2 Å². The molecule has 0 amide bonds. The zero-order valence-corrected chi connectivity index (χ0v) is 11.7. The van der Waals surface area contributed by atoms with E-state index in [4.69, 9.17) is 0 Å². The number of hydrogen-bond donors (Lipinski definition) is 1. The lowest BCUT2D eigenvalue weighted by molar-refractivity contribution is 0.181. The van der Waals surface area contributed by atoms with Gasteiger partial charge in [-0.05, 0) is 32.7 Å². The molecule has 1 N–H and O–H groups in total. The van der Waals surface area contributed by atoms with Gasteiger partial charge in [-0.25, -0.2) is 8.42 Å². The van der Waals surface area contributed by atoms with Crippen molar-refractivity contribution in [2.24, 2.45) is 5.92 Å². The Hall–Kier alpha value is -0.130. The Bertz CT molecular complexity index is 356. The molecule has 2 rings (SSSR count). The summed E-state index contributed by atoms with van der Waals surface area (Å²) in [5.41, 5.74) is 0. The molecule has 1 aliphatic carbocycles. The van der Waals surface area contributed by atoms with Crippen molar-refractivity contribution >= 4 is 9.84 Å². The molecule has 0 aromatic carbocycles. The average Bonchev–Trinajstić information content (AvgIpc) is 2.69. The Morgan fingerprint density at radius 3 is 2.76 bits per heavy atom. The van der Waals surface area contributed by atoms with Crippen molar-refractivity contribution < 1.29 is 8.42 Å². The first kappa shape index (κ1) is 13.3. The molecule has 100 valence electrons. The summed E-state index contributed by atoms with van der Waals surface area (Å²) in [4.78, 5) is 2.36. The molecule has 1 heterocycles. The molecular weight excluding hydrogens is 236 g/mol. The third-order valence-electron chi connectivity index (χ3n) is 4.31. The first-order chi connectivity index (χ1) is 8.02. The minimum atomic E-state index is -2.77. The van der Waals surface area contributed by atoms with Crippen LogP contribution in [0.25, 0.3) is 0 Å². The van der Waals surface area contributed by atoms with Gasteiger partial charge >= 0.3 is 0 Å². The number of rotatable bonds is 3. The van der Waals surface area contributed by atoms with E-state index in [1.54, 1.807) is 0 Å². The Morgan fingerprint density at radius 1 is 1.35 bits per heavy atom. The van der Waals surface area contributed by atoms with Gasteiger partial charge in [0.25, 0.3) is 0 Å². The summed E-state index contributed by atoms with van der Waals surface area (Å²) in [6.45, 7) is 3.82. The summed E-state index contributed by atoms with van der Waals surface area (Å²) in [6.07, 6.45) is 3.85. The van der Waals surface area contributed by atoms with Gasteiger partial charge in [-0.3, -0.25) is 4.90 Å². The standard InChI is InChI=1S/C12H24N2O2S/c1-10-9-17(15,16)7-6-14(10)8-11-4-3-5-12(11)13-2/h10-13H,3-9H2,1-2H3. The minimum Gasteiger partial charge on any atom is -0.317 e. The van der Waals surface area contributed by atoms with Gasteiger partial charge in [-0.1, -0.05) is 6.42 Å². The highest BCUT2D eigenvalue weighted by molar-refractivity contribution is 7.91. The molecule has 0 bridgehead atoms. The Kier molecular flexibility index (Phi) is 4.10. The first-order valence-corrected chi connectivity index (χ1v) is 8.46. The van der Waals surface area contributed by atoms with Crippen molar-refractivity contribution in [3.63, 3.8) is 0 Å². The molecule has 5 heteroatoms. The van der Waals surface area contributed by atoms with Crippen LogP contribution in [0.2, 0.25) is 0 Å². The van der Waals surface area contributed by atoms with Crippen molar-refractivity contribution in [1.29, 1.82) is 0 Å². The lowest BCUT2D eigenvalue weighted by atomic mass is 10.0. The van der Waals surface area contributed by atoms with Gasteiger partial charge < -0.3 is 5.32 Å². The third kappa shape index (κ3) is 3.20. The van der Waals surface area contributed by atoms with Crippen LogP contribution in [-0.2, 0) is 9.84 Å². The SMILES string of the molecule is CNC1CCCC1CN1CCS(=O)(=O)CC1C. The van der Waals surface area contributed by atoms with E-state index in [2.05, 4.69) is 10.2 Å². The van der Waals surface area contributed by atoms with E-state index in [1.165, 1.54) is 19.3 Å². The van der Waals surface area contributed by atoms with E-state index < -0.39 is 9.84 Å². The van der Waals surface area contributed by atoms with E-state index >= 15 is 0 Å². The fraction of sp³-hybridized carbons (Fsp3) is 1.00. The van der Waals surface area contributed by atoms with Gasteiger partial charge in [0.05, 0.1) is 11.5 Å². The molecule has 0 aromatic heterocycles. The van der Waals surface area contributed by atoms with Crippen LogP contribution in [0.4, 0.5) is 0 Å². The van der Waals surface area contributed by atoms with Gasteiger partial charge in [0.1, 0.15) is 0 Å². The van der Waals surface area contributed by atoms with Crippen molar-refractivity contribution in [2.75, 3.05) is 31.6 Å². The van der Waals surface area contributed by atoms with Gasteiger partial charge in [-0.2, -0.15) is 0 Å². The molecule has 2 fully saturated rings. The van der Waals surface area contributed by atoms with Gasteiger partial charge in [0.2, 0.25) is 0 Å². The number of nitrogens with zero attached hydrogens (tertiary/aromatic N) is 1. The van der Waals surface area contributed by atoms with Crippen molar-refractivity contribution in [3.8, 4) is 0 Å². The van der Waals surface area contributed by atoms with Crippen molar-refractivity contribution in [2.45, 2.75) is 38.3 Å². The second kappa shape index (κ2) is 5.24. The molecule has 3 atom stereocenters. The van der Waals surface area contributed by atoms with E-state index in [-0.39, 0.29) is 6.04 Å². The molecule has 1 saturated heterocycles. The minimum absolute atomic E-state index is 0.187. The van der Waals surface area contributed by atoms with Crippen molar-refractivity contribution in [1.82, 2.24) is 10.2 Å².